The fourth-order valence-corrected chi connectivity index (χ4v) is 1.83. The molecule has 1 aromatic rings. The molecule has 0 saturated carbocycles. The molecule has 1 aromatic carbocycles. The highest BCUT2D eigenvalue weighted by atomic mass is 79.9. The normalized spacial score (nSPS) is 14.1. The molecule has 2 atom stereocenters. The van der Waals surface area contributed by atoms with Crippen molar-refractivity contribution in [2.45, 2.75) is 32.4 Å². The number of hydrogen-bond acceptors (Lipinski definition) is 3. The molecule has 1 rings (SSSR count). The third kappa shape index (κ3) is 4.36. The maximum Gasteiger partial charge on any atom is 0.258 e. The topological polar surface area (TPSA) is 78.3 Å². The Hall–Kier alpha value is -1.07. The van der Waals surface area contributed by atoms with Gasteiger partial charge in [0.05, 0.1) is 0 Å². The Labute approximate surface area is 109 Å². The minimum atomic E-state index is -0.650. The van der Waals surface area contributed by atoms with E-state index in [1.165, 1.54) is 0 Å². The van der Waals surface area contributed by atoms with Gasteiger partial charge in [-0.1, -0.05) is 15.9 Å². The standard InChI is InChI=1S/C12H17BrN2O2/c1-7(14)5-9-6-10(13)3-4-11(9)17-8(2)12(15)16/h3-4,6-8H,5,14H2,1-2H3,(H2,15,16). The first kappa shape index (κ1) is 14.0. The molecule has 4 N–H and O–H groups in total. The van der Waals surface area contributed by atoms with Gasteiger partial charge in [0, 0.05) is 10.5 Å². The second-order valence-electron chi connectivity index (χ2n) is 4.10. The second-order valence-corrected chi connectivity index (χ2v) is 5.01. The highest BCUT2D eigenvalue weighted by Gasteiger charge is 2.14. The maximum absolute atomic E-state index is 11.0. The third-order valence-corrected chi connectivity index (χ3v) is 2.76. The van der Waals surface area contributed by atoms with Gasteiger partial charge in [-0.2, -0.15) is 0 Å². The van der Waals surface area contributed by atoms with E-state index in [1.807, 2.05) is 19.1 Å². The van der Waals surface area contributed by atoms with E-state index >= 15 is 0 Å². The van der Waals surface area contributed by atoms with Gasteiger partial charge in [-0.3, -0.25) is 4.79 Å². The molecular formula is C12H17BrN2O2. The number of amides is 1. The lowest BCUT2D eigenvalue weighted by atomic mass is 10.1. The molecule has 0 fully saturated rings. The number of benzene rings is 1. The molecule has 0 aliphatic carbocycles. The Morgan fingerprint density at radius 1 is 1.47 bits per heavy atom. The van der Waals surface area contributed by atoms with Gasteiger partial charge in [0.15, 0.2) is 6.10 Å². The van der Waals surface area contributed by atoms with Gasteiger partial charge in [0.25, 0.3) is 5.91 Å². The molecule has 94 valence electrons. The highest BCUT2D eigenvalue weighted by Crippen LogP contribution is 2.25. The van der Waals surface area contributed by atoms with Gasteiger partial charge < -0.3 is 16.2 Å². The van der Waals surface area contributed by atoms with Crippen molar-refractivity contribution in [3.8, 4) is 5.75 Å². The summed E-state index contributed by atoms with van der Waals surface area (Å²) in [6.45, 7) is 3.54. The second kappa shape index (κ2) is 6.02. The number of ether oxygens (including phenoxy) is 1. The Morgan fingerprint density at radius 2 is 2.12 bits per heavy atom. The fraction of sp³-hybridized carbons (Fsp3) is 0.417. The number of halogens is 1. The molecule has 2 unspecified atom stereocenters. The van der Waals surface area contributed by atoms with Crippen molar-refractivity contribution in [1.29, 1.82) is 0 Å². The minimum Gasteiger partial charge on any atom is -0.481 e. The summed E-state index contributed by atoms with van der Waals surface area (Å²) in [7, 11) is 0. The first-order valence-electron chi connectivity index (χ1n) is 5.40. The zero-order valence-corrected chi connectivity index (χ0v) is 11.5. The first-order chi connectivity index (χ1) is 7.90. The molecular weight excluding hydrogens is 284 g/mol. The number of hydrogen-bond donors (Lipinski definition) is 2. The van der Waals surface area contributed by atoms with Crippen LogP contribution < -0.4 is 16.2 Å². The summed E-state index contributed by atoms with van der Waals surface area (Å²) in [6, 6.07) is 5.62. The first-order valence-corrected chi connectivity index (χ1v) is 6.19. The van der Waals surface area contributed by atoms with Crippen molar-refractivity contribution < 1.29 is 9.53 Å². The van der Waals surface area contributed by atoms with Crippen LogP contribution >= 0.6 is 15.9 Å². The lowest BCUT2D eigenvalue weighted by Gasteiger charge is -2.16. The van der Waals surface area contributed by atoms with Crippen LogP contribution in [0.25, 0.3) is 0 Å². The van der Waals surface area contributed by atoms with Crippen molar-refractivity contribution in [2.24, 2.45) is 11.5 Å². The number of carbonyl (C=O) groups excluding carboxylic acids is 1. The molecule has 0 heterocycles. The minimum absolute atomic E-state index is 0.0236. The molecule has 1 amide bonds. The number of carbonyl (C=O) groups is 1. The van der Waals surface area contributed by atoms with Crippen molar-refractivity contribution in [1.82, 2.24) is 0 Å². The summed E-state index contributed by atoms with van der Waals surface area (Å²) in [5.41, 5.74) is 11.9. The summed E-state index contributed by atoms with van der Waals surface area (Å²) in [5.74, 6) is 0.163. The zero-order chi connectivity index (χ0) is 13.0. The van der Waals surface area contributed by atoms with E-state index in [2.05, 4.69) is 15.9 Å². The van der Waals surface area contributed by atoms with E-state index in [0.717, 1.165) is 10.0 Å². The molecule has 0 spiro atoms. The quantitative estimate of drug-likeness (QED) is 0.867. The Kier molecular flexibility index (Phi) is 4.96. The average molecular weight is 301 g/mol. The molecule has 0 saturated heterocycles. The SMILES string of the molecule is CC(N)Cc1cc(Br)ccc1OC(C)C(N)=O. The number of rotatable bonds is 5. The van der Waals surface area contributed by atoms with Crippen molar-refractivity contribution >= 4 is 21.8 Å². The van der Waals surface area contributed by atoms with Crippen LogP contribution in [0.1, 0.15) is 19.4 Å². The van der Waals surface area contributed by atoms with Crippen LogP contribution in [0.2, 0.25) is 0 Å². The zero-order valence-electron chi connectivity index (χ0n) is 9.94. The molecule has 0 aliphatic heterocycles. The van der Waals surface area contributed by atoms with Crippen LogP contribution in [0, 0.1) is 0 Å². The van der Waals surface area contributed by atoms with Gasteiger partial charge >= 0.3 is 0 Å². The maximum atomic E-state index is 11.0. The van der Waals surface area contributed by atoms with Crippen LogP contribution in [0.4, 0.5) is 0 Å². The smallest absolute Gasteiger partial charge is 0.258 e. The summed E-state index contributed by atoms with van der Waals surface area (Å²) in [6.07, 6.45) is 0.0308. The largest absolute Gasteiger partial charge is 0.481 e. The Morgan fingerprint density at radius 3 is 2.65 bits per heavy atom. The van der Waals surface area contributed by atoms with Crippen LogP contribution in [0.5, 0.6) is 5.75 Å². The lowest BCUT2D eigenvalue weighted by Crippen LogP contribution is -2.31. The van der Waals surface area contributed by atoms with Crippen molar-refractivity contribution in [3.63, 3.8) is 0 Å². The molecule has 17 heavy (non-hydrogen) atoms. The van der Waals surface area contributed by atoms with Crippen LogP contribution in [-0.4, -0.2) is 18.1 Å². The van der Waals surface area contributed by atoms with Gasteiger partial charge in [0.1, 0.15) is 5.75 Å². The van der Waals surface area contributed by atoms with E-state index in [1.54, 1.807) is 13.0 Å². The van der Waals surface area contributed by atoms with Gasteiger partial charge in [-0.25, -0.2) is 0 Å². The van der Waals surface area contributed by atoms with Crippen molar-refractivity contribution in [2.75, 3.05) is 0 Å². The van der Waals surface area contributed by atoms with Gasteiger partial charge in [-0.05, 0) is 44.0 Å². The van der Waals surface area contributed by atoms with Gasteiger partial charge in [-0.15, -0.1) is 0 Å². The van der Waals surface area contributed by atoms with Crippen LogP contribution in [-0.2, 0) is 11.2 Å². The Bertz CT molecular complexity index is 407. The van der Waals surface area contributed by atoms with Crippen molar-refractivity contribution in [3.05, 3.63) is 28.2 Å². The van der Waals surface area contributed by atoms with E-state index < -0.39 is 12.0 Å². The van der Waals surface area contributed by atoms with Crippen LogP contribution in [0.15, 0.2) is 22.7 Å². The average Bonchev–Trinajstić information content (AvgIpc) is 2.20. The van der Waals surface area contributed by atoms with Crippen LogP contribution in [0.3, 0.4) is 0 Å². The molecule has 0 radical (unpaired) electrons. The van der Waals surface area contributed by atoms with E-state index in [4.69, 9.17) is 16.2 Å². The lowest BCUT2D eigenvalue weighted by molar-refractivity contribution is -0.124. The predicted octanol–water partition coefficient (Wildman–Crippen LogP) is 1.59. The summed E-state index contributed by atoms with van der Waals surface area (Å²) < 4.78 is 6.46. The monoisotopic (exact) mass is 300 g/mol. The fourth-order valence-electron chi connectivity index (χ4n) is 1.42. The Balaban J connectivity index is 2.93. The molecule has 0 aliphatic rings. The van der Waals surface area contributed by atoms with Gasteiger partial charge in [0.2, 0.25) is 0 Å². The number of primary amides is 1. The van der Waals surface area contributed by atoms with E-state index in [0.29, 0.717) is 12.2 Å². The molecule has 0 bridgehead atoms. The molecule has 0 aromatic heterocycles. The summed E-state index contributed by atoms with van der Waals surface area (Å²) >= 11 is 3.39. The van der Waals surface area contributed by atoms with E-state index in [-0.39, 0.29) is 6.04 Å². The highest BCUT2D eigenvalue weighted by molar-refractivity contribution is 9.10. The molecule has 4 nitrogen and oxygen atoms in total. The predicted molar refractivity (Wildman–Crippen MR) is 70.8 cm³/mol. The summed E-state index contributed by atoms with van der Waals surface area (Å²) in [5, 5.41) is 0. The third-order valence-electron chi connectivity index (χ3n) is 2.27. The van der Waals surface area contributed by atoms with E-state index in [9.17, 15) is 4.79 Å². The molecule has 5 heteroatoms. The number of nitrogens with two attached hydrogens (primary N) is 2. The summed E-state index contributed by atoms with van der Waals surface area (Å²) in [4.78, 5) is 11.0.